The van der Waals surface area contributed by atoms with Crippen LogP contribution in [-0.4, -0.2) is 23.6 Å². The lowest BCUT2D eigenvalue weighted by Gasteiger charge is -2.04. The number of amides is 2. The quantitative estimate of drug-likeness (QED) is 0.875. The first-order chi connectivity index (χ1) is 11.0. The lowest BCUT2D eigenvalue weighted by atomic mass is 10.2. The van der Waals surface area contributed by atoms with Crippen LogP contribution in [0, 0.1) is 11.6 Å². The summed E-state index contributed by atoms with van der Waals surface area (Å²) in [5, 5.41) is 6.77. The van der Waals surface area contributed by atoms with Gasteiger partial charge in [0.2, 0.25) is 5.91 Å². The van der Waals surface area contributed by atoms with E-state index in [0.717, 1.165) is 23.5 Å². The molecular weight excluding hydrogens is 328 g/mol. The van der Waals surface area contributed by atoms with Crippen LogP contribution in [0.4, 0.5) is 24.4 Å². The lowest BCUT2D eigenvalue weighted by molar-refractivity contribution is -0.115. The number of carbonyl (C=O) groups excluding carboxylic acids is 2. The summed E-state index contributed by atoms with van der Waals surface area (Å²) in [6, 6.07) is 3.07. The third kappa shape index (κ3) is 4.99. The first-order valence-electron chi connectivity index (χ1n) is 6.61. The molecule has 0 unspecified atom stereocenters. The highest BCUT2D eigenvalue weighted by Gasteiger charge is 2.11. The van der Waals surface area contributed by atoms with Gasteiger partial charge in [0.15, 0.2) is 16.8 Å². The van der Waals surface area contributed by atoms with Gasteiger partial charge in [-0.05, 0) is 19.1 Å². The number of hydrogen-bond donors (Lipinski definition) is 2. The van der Waals surface area contributed by atoms with Crippen LogP contribution in [0.2, 0.25) is 0 Å². The molecule has 0 saturated carbocycles. The largest absolute Gasteiger partial charge is 0.450 e. The highest BCUT2D eigenvalue weighted by atomic mass is 32.1. The maximum Gasteiger partial charge on any atom is 0.413 e. The molecule has 0 aliphatic rings. The van der Waals surface area contributed by atoms with Gasteiger partial charge in [0.1, 0.15) is 0 Å². The van der Waals surface area contributed by atoms with Crippen molar-refractivity contribution < 1.29 is 23.1 Å². The number of nitrogens with zero attached hydrogens (tertiary/aromatic N) is 1. The number of ether oxygens (including phenoxy) is 1. The van der Waals surface area contributed by atoms with E-state index >= 15 is 0 Å². The fourth-order valence-electron chi connectivity index (χ4n) is 1.64. The van der Waals surface area contributed by atoms with Crippen LogP contribution >= 0.6 is 11.3 Å². The molecule has 2 rings (SSSR count). The topological polar surface area (TPSA) is 80.3 Å². The van der Waals surface area contributed by atoms with E-state index in [2.05, 4.69) is 15.6 Å². The van der Waals surface area contributed by atoms with Crippen LogP contribution in [0.3, 0.4) is 0 Å². The Balaban J connectivity index is 1.91. The smallest absolute Gasteiger partial charge is 0.413 e. The highest BCUT2D eigenvalue weighted by Crippen LogP contribution is 2.17. The van der Waals surface area contributed by atoms with E-state index in [1.54, 1.807) is 12.3 Å². The zero-order valence-corrected chi connectivity index (χ0v) is 12.9. The maximum atomic E-state index is 13.1. The van der Waals surface area contributed by atoms with Crippen LogP contribution in [0.1, 0.15) is 12.6 Å². The van der Waals surface area contributed by atoms with E-state index in [1.165, 1.54) is 6.07 Å². The summed E-state index contributed by atoms with van der Waals surface area (Å²) in [6.45, 7) is 1.91. The van der Waals surface area contributed by atoms with Gasteiger partial charge in [-0.2, -0.15) is 0 Å². The fraction of sp³-hybridized carbons (Fsp3) is 0.214. The van der Waals surface area contributed by atoms with Crippen molar-refractivity contribution in [2.45, 2.75) is 13.3 Å². The molecule has 2 amide bonds. The van der Waals surface area contributed by atoms with Crippen molar-refractivity contribution >= 4 is 34.2 Å². The molecule has 23 heavy (non-hydrogen) atoms. The highest BCUT2D eigenvalue weighted by molar-refractivity contribution is 7.13. The van der Waals surface area contributed by atoms with Crippen molar-refractivity contribution in [3.05, 3.63) is 40.9 Å². The minimum Gasteiger partial charge on any atom is -0.450 e. The first kappa shape index (κ1) is 16.8. The Kier molecular flexibility index (Phi) is 5.58. The van der Waals surface area contributed by atoms with Crippen LogP contribution in [0.15, 0.2) is 23.6 Å². The molecule has 0 saturated heterocycles. The van der Waals surface area contributed by atoms with Crippen molar-refractivity contribution in [1.82, 2.24) is 4.98 Å². The van der Waals surface area contributed by atoms with Crippen LogP contribution < -0.4 is 10.6 Å². The Morgan fingerprint density at radius 2 is 2.04 bits per heavy atom. The van der Waals surface area contributed by atoms with Gasteiger partial charge in [0.25, 0.3) is 0 Å². The Labute approximate surface area is 134 Å². The molecule has 2 N–H and O–H groups in total. The van der Waals surface area contributed by atoms with E-state index in [9.17, 15) is 18.4 Å². The molecule has 1 aromatic carbocycles. The molecule has 0 aliphatic heterocycles. The van der Waals surface area contributed by atoms with Crippen molar-refractivity contribution in [2.75, 3.05) is 17.2 Å². The second kappa shape index (κ2) is 7.63. The van der Waals surface area contributed by atoms with Crippen molar-refractivity contribution in [3.63, 3.8) is 0 Å². The molecule has 2 aromatic rings. The monoisotopic (exact) mass is 341 g/mol. The number of hydrogen-bond acceptors (Lipinski definition) is 5. The second-order valence-corrected chi connectivity index (χ2v) is 5.20. The summed E-state index contributed by atoms with van der Waals surface area (Å²) in [7, 11) is 0. The average Bonchev–Trinajstić information content (AvgIpc) is 2.90. The van der Waals surface area contributed by atoms with Crippen molar-refractivity contribution in [1.29, 1.82) is 0 Å². The molecule has 0 atom stereocenters. The molecular formula is C14H13F2N3O3S. The third-order valence-corrected chi connectivity index (χ3v) is 3.39. The summed E-state index contributed by atoms with van der Waals surface area (Å²) in [5.41, 5.74) is 0.580. The number of anilines is 2. The molecule has 9 heteroatoms. The SMILES string of the molecule is CCOC(=O)Nc1nc(CC(=O)Nc2ccc(F)c(F)c2)cs1. The van der Waals surface area contributed by atoms with Gasteiger partial charge in [-0.15, -0.1) is 11.3 Å². The molecule has 1 aromatic heterocycles. The van der Waals surface area contributed by atoms with Gasteiger partial charge in [-0.3, -0.25) is 10.1 Å². The number of aromatic nitrogens is 1. The zero-order chi connectivity index (χ0) is 16.8. The molecule has 0 radical (unpaired) electrons. The number of halogens is 2. The Morgan fingerprint density at radius 1 is 1.26 bits per heavy atom. The molecule has 0 bridgehead atoms. The molecule has 0 fully saturated rings. The van der Waals surface area contributed by atoms with Crippen LogP contribution in [-0.2, 0) is 16.0 Å². The lowest BCUT2D eigenvalue weighted by Crippen LogP contribution is -2.15. The normalized spacial score (nSPS) is 10.2. The van der Waals surface area contributed by atoms with Crippen LogP contribution in [0.25, 0.3) is 0 Å². The van der Waals surface area contributed by atoms with Gasteiger partial charge in [-0.25, -0.2) is 18.6 Å². The summed E-state index contributed by atoms with van der Waals surface area (Å²) in [4.78, 5) is 27.1. The Morgan fingerprint density at radius 3 is 2.74 bits per heavy atom. The summed E-state index contributed by atoms with van der Waals surface area (Å²) in [5.74, 6) is -2.47. The van der Waals surface area contributed by atoms with Crippen molar-refractivity contribution in [3.8, 4) is 0 Å². The van der Waals surface area contributed by atoms with E-state index in [4.69, 9.17) is 4.74 Å². The van der Waals surface area contributed by atoms with E-state index in [0.29, 0.717) is 10.8 Å². The summed E-state index contributed by atoms with van der Waals surface area (Å²) in [6.07, 6.45) is -0.695. The number of benzene rings is 1. The number of rotatable bonds is 5. The van der Waals surface area contributed by atoms with Gasteiger partial charge in [0, 0.05) is 17.1 Å². The minimum absolute atomic E-state index is 0.0694. The minimum atomic E-state index is -1.04. The zero-order valence-electron chi connectivity index (χ0n) is 12.1. The van der Waals surface area contributed by atoms with E-state index < -0.39 is 23.6 Å². The van der Waals surface area contributed by atoms with Gasteiger partial charge in [-0.1, -0.05) is 0 Å². The third-order valence-electron chi connectivity index (χ3n) is 2.58. The Hall–Kier alpha value is -2.55. The standard InChI is InChI=1S/C14H13F2N3O3S/c1-2-22-14(21)19-13-18-9(7-23-13)6-12(20)17-8-3-4-10(15)11(16)5-8/h3-5,7H,2,6H2,1H3,(H,17,20)(H,18,19,21). The molecule has 1 heterocycles. The molecule has 122 valence electrons. The number of carbonyl (C=O) groups is 2. The average molecular weight is 341 g/mol. The summed E-state index contributed by atoms with van der Waals surface area (Å²) >= 11 is 1.14. The van der Waals surface area contributed by atoms with Crippen molar-refractivity contribution in [2.24, 2.45) is 0 Å². The van der Waals surface area contributed by atoms with E-state index in [1.807, 2.05) is 0 Å². The van der Waals surface area contributed by atoms with Gasteiger partial charge >= 0.3 is 6.09 Å². The van der Waals surface area contributed by atoms with Gasteiger partial charge in [0.05, 0.1) is 18.7 Å². The molecule has 0 aliphatic carbocycles. The predicted molar refractivity (Wildman–Crippen MR) is 81.5 cm³/mol. The predicted octanol–water partition coefficient (Wildman–Crippen LogP) is 3.17. The summed E-state index contributed by atoms with van der Waals surface area (Å²) < 4.78 is 30.6. The second-order valence-electron chi connectivity index (χ2n) is 4.34. The molecule has 6 nitrogen and oxygen atoms in total. The number of thiazole rings is 1. The fourth-order valence-corrected chi connectivity index (χ4v) is 2.34. The Bertz CT molecular complexity index is 721. The van der Waals surface area contributed by atoms with Gasteiger partial charge < -0.3 is 10.1 Å². The number of nitrogens with one attached hydrogen (secondary N) is 2. The first-order valence-corrected chi connectivity index (χ1v) is 7.49. The maximum absolute atomic E-state index is 13.1. The molecule has 0 spiro atoms. The van der Waals surface area contributed by atoms with Crippen LogP contribution in [0.5, 0.6) is 0 Å². The van der Waals surface area contributed by atoms with E-state index in [-0.39, 0.29) is 18.7 Å².